The number of hydrogen-bond acceptors (Lipinski definition) is 10. The molecular weight excluding hydrogens is 693 g/mol. The Morgan fingerprint density at radius 1 is 1.02 bits per heavy atom. The Bertz CT molecular complexity index is 2080. The summed E-state index contributed by atoms with van der Waals surface area (Å²) in [6.45, 7) is 7.74. The van der Waals surface area contributed by atoms with Crippen molar-refractivity contribution in [3.8, 4) is 5.75 Å². The fourth-order valence-corrected chi connectivity index (χ4v) is 9.01. The highest BCUT2D eigenvalue weighted by atomic mass is 32.2. The van der Waals surface area contributed by atoms with Crippen LogP contribution in [0.25, 0.3) is 11.0 Å². The fourth-order valence-electron chi connectivity index (χ4n) is 7.80. The Balaban J connectivity index is 1.16. The van der Waals surface area contributed by atoms with Crippen molar-refractivity contribution in [1.82, 2.24) is 18.8 Å². The molecule has 13 nitrogen and oxygen atoms in total. The lowest BCUT2D eigenvalue weighted by Gasteiger charge is -2.41. The van der Waals surface area contributed by atoms with Gasteiger partial charge in [-0.25, -0.2) is 13.9 Å². The van der Waals surface area contributed by atoms with E-state index in [9.17, 15) is 22.8 Å². The molecule has 0 spiro atoms. The first-order valence-electron chi connectivity index (χ1n) is 18.0. The maximum atomic E-state index is 16.3. The van der Waals surface area contributed by atoms with Gasteiger partial charge in [0.25, 0.3) is 11.8 Å². The highest BCUT2D eigenvalue weighted by Gasteiger charge is 2.35. The lowest BCUT2D eigenvalue weighted by molar-refractivity contribution is 0.0721. The van der Waals surface area contributed by atoms with Crippen molar-refractivity contribution in [2.24, 2.45) is 0 Å². The van der Waals surface area contributed by atoms with Gasteiger partial charge in [0.1, 0.15) is 5.58 Å². The quantitative estimate of drug-likeness (QED) is 0.324. The molecule has 1 atom stereocenters. The Morgan fingerprint density at radius 2 is 1.75 bits per heavy atom. The summed E-state index contributed by atoms with van der Waals surface area (Å²) in [5.74, 6) is -3.22. The number of fused-ring (bicyclic) bond motifs is 3. The summed E-state index contributed by atoms with van der Waals surface area (Å²) < 4.78 is 62.5. The van der Waals surface area contributed by atoms with Gasteiger partial charge in [0.15, 0.2) is 11.6 Å². The molecule has 1 aromatic heterocycles. The minimum absolute atomic E-state index is 0.0849. The second-order valence-electron chi connectivity index (χ2n) is 14.4. The predicted molar refractivity (Wildman–Crippen MR) is 193 cm³/mol. The maximum Gasteiger partial charge on any atom is 0.341 e. The van der Waals surface area contributed by atoms with E-state index in [1.54, 1.807) is 7.11 Å². The number of likely N-dealkylation sites (N-methyl/N-ethyl adjacent to an activating group) is 1. The number of nitrogens with one attached hydrogen (secondary N) is 1. The zero-order valence-electron chi connectivity index (χ0n) is 30.1. The highest BCUT2D eigenvalue weighted by Crippen LogP contribution is 2.37. The molecule has 0 unspecified atom stereocenters. The lowest BCUT2D eigenvalue weighted by atomic mass is 9.92. The molecule has 3 fully saturated rings. The number of piperazine rings is 1. The second-order valence-corrected chi connectivity index (χ2v) is 16.1. The van der Waals surface area contributed by atoms with E-state index in [1.807, 2.05) is 18.6 Å². The van der Waals surface area contributed by atoms with Crippen LogP contribution in [-0.4, -0.2) is 107 Å². The van der Waals surface area contributed by atoms with Gasteiger partial charge in [0.2, 0.25) is 0 Å². The number of amides is 2. The molecule has 7 rings (SSSR count). The number of aryl methyl sites for hydroxylation is 2. The van der Waals surface area contributed by atoms with Gasteiger partial charge in [-0.1, -0.05) is 0 Å². The van der Waals surface area contributed by atoms with E-state index in [-0.39, 0.29) is 49.5 Å². The molecule has 3 aliphatic heterocycles. The number of ether oxygens (including phenoxy) is 2. The average molecular weight is 740 g/mol. The number of carbonyl (C=O) groups excluding carboxylic acids is 2. The number of nitrogens with zero attached hydrogens (tertiary/aromatic N) is 4. The maximum absolute atomic E-state index is 16.3. The lowest BCUT2D eigenvalue weighted by Crippen LogP contribution is -2.53. The second kappa shape index (κ2) is 14.4. The van der Waals surface area contributed by atoms with Crippen LogP contribution < -0.4 is 20.0 Å². The van der Waals surface area contributed by atoms with Crippen LogP contribution in [0.5, 0.6) is 5.75 Å². The van der Waals surface area contributed by atoms with Crippen molar-refractivity contribution >= 4 is 38.7 Å². The van der Waals surface area contributed by atoms with Gasteiger partial charge in [-0.15, -0.1) is 0 Å². The van der Waals surface area contributed by atoms with Crippen LogP contribution in [0.3, 0.4) is 0 Å². The summed E-state index contributed by atoms with van der Waals surface area (Å²) in [6.07, 6.45) is 3.51. The van der Waals surface area contributed by atoms with E-state index in [4.69, 9.17) is 13.9 Å². The number of anilines is 1. The Hall–Kier alpha value is -4.05. The van der Waals surface area contributed by atoms with Crippen LogP contribution in [0.2, 0.25) is 0 Å². The van der Waals surface area contributed by atoms with Crippen LogP contribution in [0.4, 0.5) is 10.1 Å². The van der Waals surface area contributed by atoms with Gasteiger partial charge < -0.3 is 23.7 Å². The summed E-state index contributed by atoms with van der Waals surface area (Å²) in [5.41, 5.74) is 3.35. The number of hydrogen-bond donors (Lipinski definition) is 1. The molecular formula is C37H46FN5O8S. The fraction of sp³-hybridized carbons (Fsp3) is 0.541. The molecule has 2 saturated heterocycles. The van der Waals surface area contributed by atoms with Crippen LogP contribution >= 0.6 is 0 Å². The smallest absolute Gasteiger partial charge is 0.341 e. The third kappa shape index (κ3) is 6.67. The summed E-state index contributed by atoms with van der Waals surface area (Å²) in [7, 11) is -0.343. The van der Waals surface area contributed by atoms with E-state index >= 15 is 4.39 Å². The topological polar surface area (TPSA) is 142 Å². The molecule has 4 heterocycles. The third-order valence-corrected chi connectivity index (χ3v) is 12.6. The third-order valence-electron chi connectivity index (χ3n) is 11.1. The Morgan fingerprint density at radius 3 is 2.44 bits per heavy atom. The van der Waals surface area contributed by atoms with Crippen LogP contribution in [0, 0.1) is 19.7 Å². The Kier molecular flexibility index (Phi) is 10.1. The summed E-state index contributed by atoms with van der Waals surface area (Å²) in [6, 6.07) is 4.76. The van der Waals surface area contributed by atoms with Crippen molar-refractivity contribution in [2.45, 2.75) is 71.1 Å². The van der Waals surface area contributed by atoms with E-state index in [1.165, 1.54) is 21.3 Å². The minimum Gasteiger partial charge on any atom is -0.486 e. The molecule has 2 aromatic carbocycles. The number of carbonyl (C=O) groups is 2. The molecule has 0 bridgehead atoms. The number of rotatable bonds is 9. The van der Waals surface area contributed by atoms with Crippen molar-refractivity contribution in [3.05, 3.63) is 67.8 Å². The van der Waals surface area contributed by atoms with Crippen LogP contribution in [0.15, 0.2) is 27.4 Å². The van der Waals surface area contributed by atoms with Crippen molar-refractivity contribution in [3.63, 3.8) is 0 Å². The number of benzene rings is 2. The van der Waals surface area contributed by atoms with Crippen LogP contribution in [0.1, 0.15) is 75.1 Å². The molecule has 52 heavy (non-hydrogen) atoms. The predicted octanol–water partition coefficient (Wildman–Crippen LogP) is 3.52. The van der Waals surface area contributed by atoms with E-state index < -0.39 is 39.2 Å². The zero-order valence-corrected chi connectivity index (χ0v) is 30.9. The first-order chi connectivity index (χ1) is 24.9. The molecule has 1 aliphatic carbocycles. The average Bonchev–Trinajstić information content (AvgIpc) is 3.65. The van der Waals surface area contributed by atoms with Gasteiger partial charge in [-0.05, 0) is 88.7 Å². The molecule has 1 N–H and O–H groups in total. The zero-order chi connectivity index (χ0) is 36.9. The molecule has 1 saturated carbocycles. The highest BCUT2D eigenvalue weighted by molar-refractivity contribution is 7.87. The molecule has 15 heteroatoms. The van der Waals surface area contributed by atoms with Crippen molar-refractivity contribution in [2.75, 3.05) is 64.9 Å². The first kappa shape index (κ1) is 36.3. The van der Waals surface area contributed by atoms with E-state index in [0.717, 1.165) is 53.8 Å². The van der Waals surface area contributed by atoms with Gasteiger partial charge in [0.05, 0.1) is 42.0 Å². The first-order valence-corrected chi connectivity index (χ1v) is 19.5. The molecule has 4 aliphatic rings. The van der Waals surface area contributed by atoms with Crippen LogP contribution in [-0.2, 0) is 27.9 Å². The summed E-state index contributed by atoms with van der Waals surface area (Å²) >= 11 is 0. The van der Waals surface area contributed by atoms with E-state index in [0.29, 0.717) is 49.9 Å². The number of methoxy groups -OCH3 is 1. The summed E-state index contributed by atoms with van der Waals surface area (Å²) in [4.78, 5) is 46.8. The van der Waals surface area contributed by atoms with E-state index in [2.05, 4.69) is 22.9 Å². The van der Waals surface area contributed by atoms with Gasteiger partial charge in [-0.2, -0.15) is 12.7 Å². The normalized spacial score (nSPS) is 20.2. The summed E-state index contributed by atoms with van der Waals surface area (Å²) in [5, 5.41) is 0.854. The van der Waals surface area contributed by atoms with Gasteiger partial charge in [0, 0.05) is 63.0 Å². The SMILES string of the molecule is COC[C@@H]1CN(c2cc(C)c3c4c(c(=O)oc3c2C)CN(C(=O)c2ccc(C(=O)NS(=O)(=O)N3CCCC3)c(OC3CCC3)c2F)CC4)CCN1C. The largest absolute Gasteiger partial charge is 0.486 e. The molecule has 2 amide bonds. The van der Waals surface area contributed by atoms with Crippen molar-refractivity contribution < 1.29 is 36.3 Å². The standard InChI is InChI=1S/C37H46FN5O8S/c1-22-18-30(41-17-16-40(3)24(19-41)21-49-4)23(2)33-31(22)26-12-15-42(20-29(26)37(46)51-33)36(45)27-10-11-28(34(32(27)38)50-25-8-7-9-25)35(44)39-52(47,48)43-13-5-6-14-43/h10-11,18,24-25H,5-9,12-17,19-21H2,1-4H3,(H,39,44)/t24-/m0/s1. The Labute approximate surface area is 302 Å². The minimum atomic E-state index is -4.14. The molecule has 0 radical (unpaired) electrons. The van der Waals surface area contributed by atoms with Gasteiger partial charge >= 0.3 is 15.8 Å². The van der Waals surface area contributed by atoms with Gasteiger partial charge in [-0.3, -0.25) is 14.5 Å². The number of halogens is 1. The monoisotopic (exact) mass is 739 g/mol. The van der Waals surface area contributed by atoms with Crippen molar-refractivity contribution in [1.29, 1.82) is 0 Å². The molecule has 280 valence electrons. The molecule has 3 aromatic rings.